The molecule has 84 valence electrons. The van der Waals surface area contributed by atoms with Gasteiger partial charge in [0.05, 0.1) is 0 Å². The van der Waals surface area contributed by atoms with Crippen molar-refractivity contribution in [1.82, 2.24) is 34.3 Å². The molecule has 3 aromatic rings. The van der Waals surface area contributed by atoms with Crippen molar-refractivity contribution in [1.29, 1.82) is 0 Å². The van der Waals surface area contributed by atoms with E-state index in [2.05, 4.69) is 25.0 Å². The van der Waals surface area contributed by atoms with Crippen molar-refractivity contribution in [2.45, 2.75) is 0 Å². The van der Waals surface area contributed by atoms with E-state index in [0.717, 1.165) is 0 Å². The Bertz CT molecular complexity index is 564. The standard InChI is InChI=1S/C9H6ClN7/c10-7-13-8(16-5-3-11-6-16)15-9(14-7)17-4-1-2-12-17/h1-6H. The minimum absolute atomic E-state index is 0.106. The van der Waals surface area contributed by atoms with Crippen LogP contribution in [-0.4, -0.2) is 34.3 Å². The van der Waals surface area contributed by atoms with Crippen molar-refractivity contribution in [3.8, 4) is 11.9 Å². The van der Waals surface area contributed by atoms with Gasteiger partial charge in [0, 0.05) is 24.8 Å². The number of hydrogen-bond acceptors (Lipinski definition) is 5. The summed E-state index contributed by atoms with van der Waals surface area (Å²) in [6.45, 7) is 0. The van der Waals surface area contributed by atoms with E-state index in [4.69, 9.17) is 11.6 Å². The van der Waals surface area contributed by atoms with Crippen molar-refractivity contribution in [3.63, 3.8) is 0 Å². The molecule has 0 radical (unpaired) electrons. The summed E-state index contributed by atoms with van der Waals surface area (Å²) in [5, 5.41) is 4.14. The molecule has 0 atom stereocenters. The van der Waals surface area contributed by atoms with Gasteiger partial charge >= 0.3 is 0 Å². The van der Waals surface area contributed by atoms with E-state index in [-0.39, 0.29) is 5.28 Å². The Morgan fingerprint density at radius 2 is 1.88 bits per heavy atom. The van der Waals surface area contributed by atoms with Gasteiger partial charge in [-0.15, -0.1) is 0 Å². The van der Waals surface area contributed by atoms with Crippen LogP contribution in [0, 0.1) is 0 Å². The largest absolute Gasteiger partial charge is 0.274 e. The van der Waals surface area contributed by atoms with E-state index in [9.17, 15) is 0 Å². The Morgan fingerprint density at radius 1 is 1.00 bits per heavy atom. The molecule has 0 bridgehead atoms. The fourth-order valence-electron chi connectivity index (χ4n) is 1.31. The zero-order chi connectivity index (χ0) is 11.7. The lowest BCUT2D eigenvalue weighted by atomic mass is 10.7. The fraction of sp³-hybridized carbons (Fsp3) is 0. The summed E-state index contributed by atoms with van der Waals surface area (Å²) in [4.78, 5) is 16.2. The van der Waals surface area contributed by atoms with E-state index < -0.39 is 0 Å². The van der Waals surface area contributed by atoms with Crippen LogP contribution in [0.25, 0.3) is 11.9 Å². The summed E-state index contributed by atoms with van der Waals surface area (Å²) in [6.07, 6.45) is 8.29. The van der Waals surface area contributed by atoms with Crippen LogP contribution < -0.4 is 0 Å². The minimum Gasteiger partial charge on any atom is -0.274 e. The molecule has 0 saturated carbocycles. The molecule has 0 aliphatic rings. The van der Waals surface area contributed by atoms with Gasteiger partial charge in [-0.3, -0.25) is 4.57 Å². The van der Waals surface area contributed by atoms with Crippen molar-refractivity contribution < 1.29 is 0 Å². The molecule has 3 heterocycles. The molecule has 0 aliphatic heterocycles. The van der Waals surface area contributed by atoms with E-state index in [0.29, 0.717) is 11.9 Å². The third-order valence-electron chi connectivity index (χ3n) is 2.03. The Kier molecular flexibility index (Phi) is 2.30. The number of aromatic nitrogens is 7. The molecule has 7 nitrogen and oxygen atoms in total. The average Bonchev–Trinajstić information content (AvgIpc) is 3.02. The normalized spacial score (nSPS) is 10.6. The zero-order valence-electron chi connectivity index (χ0n) is 8.47. The molecule has 8 heteroatoms. The molecule has 0 fully saturated rings. The second kappa shape index (κ2) is 3.95. The highest BCUT2D eigenvalue weighted by molar-refractivity contribution is 6.28. The van der Waals surface area contributed by atoms with E-state index >= 15 is 0 Å². The molecular formula is C9H6ClN7. The van der Waals surface area contributed by atoms with Gasteiger partial charge in [0.15, 0.2) is 0 Å². The molecule has 0 unspecified atom stereocenters. The summed E-state index contributed by atoms with van der Waals surface area (Å²) in [7, 11) is 0. The lowest BCUT2D eigenvalue weighted by molar-refractivity contribution is 0.774. The summed E-state index contributed by atoms with van der Waals surface area (Å²) < 4.78 is 3.15. The maximum Gasteiger partial charge on any atom is 0.256 e. The Labute approximate surface area is 101 Å². The molecular weight excluding hydrogens is 242 g/mol. The lowest BCUT2D eigenvalue weighted by Gasteiger charge is -2.03. The SMILES string of the molecule is Clc1nc(-n2ccnc2)nc(-n2cccn2)n1. The van der Waals surface area contributed by atoms with Crippen LogP contribution in [0.15, 0.2) is 37.2 Å². The number of halogens is 1. The van der Waals surface area contributed by atoms with Gasteiger partial charge in [0.2, 0.25) is 11.2 Å². The van der Waals surface area contributed by atoms with Crippen molar-refractivity contribution in [3.05, 3.63) is 42.5 Å². The quantitative estimate of drug-likeness (QED) is 0.673. The molecule has 3 rings (SSSR count). The van der Waals surface area contributed by atoms with Crippen LogP contribution in [0.2, 0.25) is 5.28 Å². The predicted molar refractivity (Wildman–Crippen MR) is 59.1 cm³/mol. The highest BCUT2D eigenvalue weighted by Crippen LogP contribution is 2.08. The van der Waals surface area contributed by atoms with Crippen molar-refractivity contribution >= 4 is 11.6 Å². The van der Waals surface area contributed by atoms with Gasteiger partial charge in [0.1, 0.15) is 6.33 Å². The molecule has 0 amide bonds. The molecule has 0 N–H and O–H groups in total. The molecule has 3 aromatic heterocycles. The van der Waals surface area contributed by atoms with Crippen LogP contribution in [-0.2, 0) is 0 Å². The second-order valence-electron chi connectivity index (χ2n) is 3.13. The molecule has 17 heavy (non-hydrogen) atoms. The Hall–Kier alpha value is -2.28. The van der Waals surface area contributed by atoms with Gasteiger partial charge in [-0.25, -0.2) is 9.67 Å². The van der Waals surface area contributed by atoms with Crippen LogP contribution in [0.5, 0.6) is 0 Å². The number of nitrogens with zero attached hydrogens (tertiary/aromatic N) is 7. The fourth-order valence-corrected chi connectivity index (χ4v) is 1.46. The highest BCUT2D eigenvalue weighted by Gasteiger charge is 2.08. The third kappa shape index (κ3) is 1.87. The minimum atomic E-state index is 0.106. The number of hydrogen-bond donors (Lipinski definition) is 0. The van der Waals surface area contributed by atoms with Gasteiger partial charge < -0.3 is 0 Å². The predicted octanol–water partition coefficient (Wildman–Crippen LogP) is 0.896. The van der Waals surface area contributed by atoms with E-state index in [1.807, 2.05) is 0 Å². The van der Waals surface area contributed by atoms with Crippen LogP contribution in [0.4, 0.5) is 0 Å². The first kappa shape index (κ1) is 9.91. The first-order valence-corrected chi connectivity index (χ1v) is 5.10. The Balaban J connectivity index is 2.13. The van der Waals surface area contributed by atoms with Gasteiger partial charge in [0.25, 0.3) is 5.95 Å². The lowest BCUT2D eigenvalue weighted by Crippen LogP contribution is -2.08. The molecule has 0 aromatic carbocycles. The van der Waals surface area contributed by atoms with E-state index in [1.54, 1.807) is 41.7 Å². The van der Waals surface area contributed by atoms with Crippen LogP contribution in [0.3, 0.4) is 0 Å². The van der Waals surface area contributed by atoms with Gasteiger partial charge in [-0.2, -0.15) is 20.1 Å². The maximum atomic E-state index is 5.85. The highest BCUT2D eigenvalue weighted by atomic mass is 35.5. The van der Waals surface area contributed by atoms with Crippen molar-refractivity contribution in [2.24, 2.45) is 0 Å². The number of imidazole rings is 1. The van der Waals surface area contributed by atoms with E-state index in [1.165, 1.54) is 4.68 Å². The maximum absolute atomic E-state index is 5.85. The average molecular weight is 248 g/mol. The molecule has 0 spiro atoms. The van der Waals surface area contributed by atoms with Gasteiger partial charge in [-0.05, 0) is 17.7 Å². The summed E-state index contributed by atoms with van der Waals surface area (Å²) in [5.74, 6) is 0.756. The summed E-state index contributed by atoms with van der Waals surface area (Å²) in [5.41, 5.74) is 0. The van der Waals surface area contributed by atoms with Crippen LogP contribution in [0.1, 0.15) is 0 Å². The molecule has 0 saturated heterocycles. The summed E-state index contributed by atoms with van der Waals surface area (Å²) >= 11 is 5.85. The monoisotopic (exact) mass is 247 g/mol. The second-order valence-corrected chi connectivity index (χ2v) is 3.46. The summed E-state index contributed by atoms with van der Waals surface area (Å²) in [6, 6.07) is 1.77. The van der Waals surface area contributed by atoms with Crippen molar-refractivity contribution in [2.75, 3.05) is 0 Å². The number of rotatable bonds is 2. The topological polar surface area (TPSA) is 74.3 Å². The van der Waals surface area contributed by atoms with Crippen LogP contribution >= 0.6 is 11.6 Å². The van der Waals surface area contributed by atoms with Gasteiger partial charge in [-0.1, -0.05) is 0 Å². The zero-order valence-corrected chi connectivity index (χ0v) is 9.23. The first-order valence-electron chi connectivity index (χ1n) is 4.73. The smallest absolute Gasteiger partial charge is 0.256 e. The third-order valence-corrected chi connectivity index (χ3v) is 2.20. The Morgan fingerprint density at radius 3 is 2.59 bits per heavy atom. The molecule has 0 aliphatic carbocycles. The first-order chi connectivity index (χ1) is 8.33.